The molecule has 1 nitrogen and oxygen atoms in total. The van der Waals surface area contributed by atoms with E-state index in [4.69, 9.17) is 0 Å². The molecule has 1 rings (SSSR count). The fourth-order valence-corrected chi connectivity index (χ4v) is 2.31. The van der Waals surface area contributed by atoms with Crippen molar-refractivity contribution < 1.29 is 0 Å². The molecule has 1 aromatic heterocycles. The van der Waals surface area contributed by atoms with E-state index in [0.717, 1.165) is 13.1 Å². The zero-order valence-electron chi connectivity index (χ0n) is 9.47. The van der Waals surface area contributed by atoms with E-state index in [0.29, 0.717) is 5.41 Å². The van der Waals surface area contributed by atoms with E-state index < -0.39 is 0 Å². The van der Waals surface area contributed by atoms with E-state index in [1.165, 1.54) is 18.4 Å². The molecule has 0 radical (unpaired) electrons. The van der Waals surface area contributed by atoms with Crippen molar-refractivity contribution in [2.45, 2.75) is 33.6 Å². The van der Waals surface area contributed by atoms with Crippen LogP contribution in [-0.2, 0) is 6.42 Å². The van der Waals surface area contributed by atoms with Crippen LogP contribution in [0.1, 0.15) is 32.8 Å². The van der Waals surface area contributed by atoms with Gasteiger partial charge in [0.15, 0.2) is 0 Å². The van der Waals surface area contributed by atoms with Gasteiger partial charge in [-0.15, -0.1) is 0 Å². The summed E-state index contributed by atoms with van der Waals surface area (Å²) in [5.74, 6) is 0. The molecule has 1 N–H and O–H groups in total. The van der Waals surface area contributed by atoms with Crippen LogP contribution in [-0.4, -0.2) is 13.1 Å². The molecule has 0 fully saturated rings. The number of hydrogen-bond donors (Lipinski definition) is 1. The lowest BCUT2D eigenvalue weighted by atomic mass is 9.83. The van der Waals surface area contributed by atoms with Gasteiger partial charge in [-0.25, -0.2) is 0 Å². The van der Waals surface area contributed by atoms with Gasteiger partial charge < -0.3 is 5.32 Å². The van der Waals surface area contributed by atoms with Gasteiger partial charge in [0, 0.05) is 0 Å². The molecule has 0 aliphatic rings. The van der Waals surface area contributed by atoms with Gasteiger partial charge in [0.2, 0.25) is 0 Å². The highest BCUT2D eigenvalue weighted by atomic mass is 32.1. The second kappa shape index (κ2) is 5.52. The Morgan fingerprint density at radius 1 is 1.43 bits per heavy atom. The molecule has 80 valence electrons. The molecule has 0 spiro atoms. The standard InChI is InChI=1S/C12H21NS/c1-4-13-7-6-12(2,3)9-11-5-8-14-10-11/h5,8,10,13H,4,6-7,9H2,1-3H3. The van der Waals surface area contributed by atoms with Gasteiger partial charge in [0.05, 0.1) is 0 Å². The van der Waals surface area contributed by atoms with Crippen molar-refractivity contribution in [3.63, 3.8) is 0 Å². The van der Waals surface area contributed by atoms with Gasteiger partial charge in [0.25, 0.3) is 0 Å². The van der Waals surface area contributed by atoms with Crippen molar-refractivity contribution in [2.24, 2.45) is 5.41 Å². The number of thiophene rings is 1. The minimum absolute atomic E-state index is 0.420. The molecule has 14 heavy (non-hydrogen) atoms. The van der Waals surface area contributed by atoms with Crippen molar-refractivity contribution in [3.8, 4) is 0 Å². The monoisotopic (exact) mass is 211 g/mol. The third kappa shape index (κ3) is 4.25. The fraction of sp³-hybridized carbons (Fsp3) is 0.667. The van der Waals surface area contributed by atoms with Crippen LogP contribution in [0, 0.1) is 5.41 Å². The minimum Gasteiger partial charge on any atom is -0.317 e. The van der Waals surface area contributed by atoms with E-state index >= 15 is 0 Å². The molecule has 0 saturated heterocycles. The van der Waals surface area contributed by atoms with Crippen LogP contribution < -0.4 is 5.32 Å². The van der Waals surface area contributed by atoms with E-state index in [2.05, 4.69) is 42.9 Å². The van der Waals surface area contributed by atoms with Crippen molar-refractivity contribution in [1.82, 2.24) is 5.32 Å². The molecule has 0 saturated carbocycles. The number of nitrogens with one attached hydrogen (secondary N) is 1. The molecular weight excluding hydrogens is 190 g/mol. The second-order valence-corrected chi connectivity index (χ2v) is 5.36. The highest BCUT2D eigenvalue weighted by Gasteiger charge is 2.17. The Kier molecular flexibility index (Phi) is 4.63. The fourth-order valence-electron chi connectivity index (χ4n) is 1.64. The predicted octanol–water partition coefficient (Wildman–Crippen LogP) is 3.32. The summed E-state index contributed by atoms with van der Waals surface area (Å²) in [7, 11) is 0. The Morgan fingerprint density at radius 3 is 2.79 bits per heavy atom. The van der Waals surface area contributed by atoms with Crippen LogP contribution in [0.4, 0.5) is 0 Å². The maximum absolute atomic E-state index is 3.39. The molecule has 0 unspecified atom stereocenters. The van der Waals surface area contributed by atoms with Crippen LogP contribution in [0.3, 0.4) is 0 Å². The Labute approximate surface area is 91.5 Å². The second-order valence-electron chi connectivity index (χ2n) is 4.58. The van der Waals surface area contributed by atoms with Gasteiger partial charge in [0.1, 0.15) is 0 Å². The number of hydrogen-bond acceptors (Lipinski definition) is 2. The van der Waals surface area contributed by atoms with E-state index in [-0.39, 0.29) is 0 Å². The Bertz CT molecular complexity index is 239. The maximum Gasteiger partial charge on any atom is -0.00438 e. The lowest BCUT2D eigenvalue weighted by Crippen LogP contribution is -2.23. The average molecular weight is 211 g/mol. The SMILES string of the molecule is CCNCCC(C)(C)Cc1ccsc1. The first kappa shape index (κ1) is 11.7. The largest absolute Gasteiger partial charge is 0.317 e. The lowest BCUT2D eigenvalue weighted by Gasteiger charge is -2.24. The van der Waals surface area contributed by atoms with E-state index in [9.17, 15) is 0 Å². The smallest absolute Gasteiger partial charge is 0.00438 e. The normalized spacial score (nSPS) is 11.9. The first-order chi connectivity index (χ1) is 6.64. The van der Waals surface area contributed by atoms with Crippen LogP contribution in [0.15, 0.2) is 16.8 Å². The third-order valence-corrected chi connectivity index (χ3v) is 3.22. The topological polar surface area (TPSA) is 12.0 Å². The zero-order chi connectivity index (χ0) is 10.4. The first-order valence-corrected chi connectivity index (χ1v) is 6.30. The van der Waals surface area contributed by atoms with Crippen molar-refractivity contribution in [1.29, 1.82) is 0 Å². The van der Waals surface area contributed by atoms with Crippen LogP contribution in [0.2, 0.25) is 0 Å². The summed E-state index contributed by atoms with van der Waals surface area (Å²) in [5.41, 5.74) is 1.90. The third-order valence-electron chi connectivity index (χ3n) is 2.49. The molecule has 0 aliphatic carbocycles. The summed E-state index contributed by atoms with van der Waals surface area (Å²) in [6.45, 7) is 9.07. The van der Waals surface area contributed by atoms with Crippen molar-refractivity contribution in [2.75, 3.05) is 13.1 Å². The molecule has 0 atom stereocenters. The summed E-state index contributed by atoms with van der Waals surface area (Å²) in [4.78, 5) is 0. The summed E-state index contributed by atoms with van der Waals surface area (Å²) in [5, 5.41) is 7.81. The van der Waals surface area contributed by atoms with Gasteiger partial charge in [-0.2, -0.15) is 11.3 Å². The molecule has 2 heteroatoms. The molecule has 1 heterocycles. The minimum atomic E-state index is 0.420. The van der Waals surface area contributed by atoms with Gasteiger partial charge in [-0.1, -0.05) is 20.8 Å². The lowest BCUT2D eigenvalue weighted by molar-refractivity contribution is 0.327. The predicted molar refractivity (Wildman–Crippen MR) is 65.0 cm³/mol. The van der Waals surface area contributed by atoms with Crippen molar-refractivity contribution >= 4 is 11.3 Å². The molecule has 0 aliphatic heterocycles. The molecule has 0 bridgehead atoms. The summed E-state index contributed by atoms with van der Waals surface area (Å²) >= 11 is 1.79. The molecule has 0 amide bonds. The summed E-state index contributed by atoms with van der Waals surface area (Å²) in [6.07, 6.45) is 2.44. The van der Waals surface area contributed by atoms with E-state index in [1.807, 2.05) is 0 Å². The Morgan fingerprint density at radius 2 is 2.21 bits per heavy atom. The van der Waals surface area contributed by atoms with Gasteiger partial charge in [-0.05, 0) is 53.7 Å². The Hall–Kier alpha value is -0.340. The summed E-state index contributed by atoms with van der Waals surface area (Å²) < 4.78 is 0. The highest BCUT2D eigenvalue weighted by molar-refractivity contribution is 7.07. The van der Waals surface area contributed by atoms with E-state index in [1.54, 1.807) is 11.3 Å². The molecule has 0 aromatic carbocycles. The van der Waals surface area contributed by atoms with Crippen LogP contribution in [0.25, 0.3) is 0 Å². The van der Waals surface area contributed by atoms with Crippen LogP contribution in [0.5, 0.6) is 0 Å². The van der Waals surface area contributed by atoms with Gasteiger partial charge >= 0.3 is 0 Å². The van der Waals surface area contributed by atoms with Crippen molar-refractivity contribution in [3.05, 3.63) is 22.4 Å². The zero-order valence-corrected chi connectivity index (χ0v) is 10.3. The Balaban J connectivity index is 2.33. The first-order valence-electron chi connectivity index (χ1n) is 5.36. The molecule has 1 aromatic rings. The average Bonchev–Trinajstić information content (AvgIpc) is 2.56. The van der Waals surface area contributed by atoms with Gasteiger partial charge in [-0.3, -0.25) is 0 Å². The summed E-state index contributed by atoms with van der Waals surface area (Å²) in [6, 6.07) is 2.24. The number of rotatable bonds is 6. The highest BCUT2D eigenvalue weighted by Crippen LogP contribution is 2.26. The van der Waals surface area contributed by atoms with Crippen LogP contribution >= 0.6 is 11.3 Å². The quantitative estimate of drug-likeness (QED) is 0.712. The molecular formula is C12H21NS. The maximum atomic E-state index is 3.39.